The Hall–Kier alpha value is -2.14. The van der Waals surface area contributed by atoms with Crippen molar-refractivity contribution in [2.75, 3.05) is 26.8 Å². The highest BCUT2D eigenvalue weighted by Crippen LogP contribution is 2.22. The van der Waals surface area contributed by atoms with Gasteiger partial charge in [0.25, 0.3) is 5.91 Å². The largest absolute Gasteiger partial charge is 0.383 e. The van der Waals surface area contributed by atoms with E-state index in [1.807, 2.05) is 42.3 Å². The Balaban J connectivity index is 1.66. The van der Waals surface area contributed by atoms with Crippen molar-refractivity contribution in [3.05, 3.63) is 53.1 Å². The summed E-state index contributed by atoms with van der Waals surface area (Å²) in [6.07, 6.45) is 5.05. The highest BCUT2D eigenvalue weighted by Gasteiger charge is 2.26. The van der Waals surface area contributed by atoms with Crippen LogP contribution >= 0.6 is 0 Å². The molecular weight excluding hydrogens is 326 g/mol. The van der Waals surface area contributed by atoms with Crippen LogP contribution in [0.25, 0.3) is 0 Å². The Morgan fingerprint density at radius 2 is 2.19 bits per heavy atom. The molecule has 0 saturated carbocycles. The average molecular weight is 355 g/mol. The molecule has 1 atom stereocenters. The number of carbonyl (C=O) groups excluding carboxylic acids is 1. The van der Waals surface area contributed by atoms with Crippen LogP contribution in [0, 0.1) is 19.8 Å². The van der Waals surface area contributed by atoms with E-state index in [1.165, 1.54) is 5.69 Å². The van der Waals surface area contributed by atoms with E-state index >= 15 is 0 Å². The van der Waals surface area contributed by atoms with Crippen molar-refractivity contribution < 1.29 is 9.53 Å². The molecule has 1 fully saturated rings. The lowest BCUT2D eigenvalue weighted by molar-refractivity contribution is 0.0671. The topological polar surface area (TPSA) is 47.4 Å². The summed E-state index contributed by atoms with van der Waals surface area (Å²) in [7, 11) is 1.72. The highest BCUT2D eigenvalue weighted by atomic mass is 16.5. The molecule has 1 amide bonds. The van der Waals surface area contributed by atoms with Crippen LogP contribution in [0.15, 0.2) is 30.5 Å². The first kappa shape index (κ1) is 18.6. The number of ether oxygens (including phenoxy) is 1. The Kier molecular flexibility index (Phi) is 6.09. The molecule has 140 valence electrons. The van der Waals surface area contributed by atoms with Crippen molar-refractivity contribution in [1.29, 1.82) is 0 Å². The third kappa shape index (κ3) is 4.33. The summed E-state index contributed by atoms with van der Waals surface area (Å²) in [5, 5.41) is 0. The minimum Gasteiger partial charge on any atom is -0.383 e. The molecule has 1 unspecified atom stereocenters. The van der Waals surface area contributed by atoms with Gasteiger partial charge >= 0.3 is 0 Å². The van der Waals surface area contributed by atoms with Crippen LogP contribution in [0.4, 0.5) is 0 Å². The van der Waals surface area contributed by atoms with Crippen LogP contribution in [-0.4, -0.2) is 47.2 Å². The van der Waals surface area contributed by atoms with E-state index in [0.717, 1.165) is 55.8 Å². The highest BCUT2D eigenvalue weighted by molar-refractivity contribution is 5.94. The SMILES string of the molecule is COCCn1c(C)cnc1CC1CCCN(C(=O)c2cccc(C)c2)C1. The second-order valence-corrected chi connectivity index (χ2v) is 7.29. The maximum Gasteiger partial charge on any atom is 0.253 e. The molecule has 1 aliphatic heterocycles. The summed E-state index contributed by atoms with van der Waals surface area (Å²) in [6, 6.07) is 7.88. The summed E-state index contributed by atoms with van der Waals surface area (Å²) in [6.45, 7) is 7.28. The summed E-state index contributed by atoms with van der Waals surface area (Å²) in [4.78, 5) is 19.5. The van der Waals surface area contributed by atoms with Crippen molar-refractivity contribution in [1.82, 2.24) is 14.5 Å². The fourth-order valence-corrected chi connectivity index (χ4v) is 3.80. The van der Waals surface area contributed by atoms with Gasteiger partial charge in [-0.3, -0.25) is 4.79 Å². The Labute approximate surface area is 156 Å². The predicted octanol–water partition coefficient (Wildman–Crippen LogP) is 3.24. The second kappa shape index (κ2) is 8.49. The van der Waals surface area contributed by atoms with Gasteiger partial charge in [-0.15, -0.1) is 0 Å². The Bertz CT molecular complexity index is 753. The van der Waals surface area contributed by atoms with Gasteiger partial charge in [0.05, 0.1) is 6.61 Å². The second-order valence-electron chi connectivity index (χ2n) is 7.29. The lowest BCUT2D eigenvalue weighted by Gasteiger charge is -2.33. The molecule has 0 N–H and O–H groups in total. The number of hydrogen-bond donors (Lipinski definition) is 0. The molecule has 0 spiro atoms. The van der Waals surface area contributed by atoms with Crippen LogP contribution in [0.3, 0.4) is 0 Å². The zero-order valence-corrected chi connectivity index (χ0v) is 16.1. The molecule has 0 aliphatic carbocycles. The fraction of sp³-hybridized carbons (Fsp3) is 0.524. The number of rotatable bonds is 6. The number of imidazole rings is 1. The van der Waals surface area contributed by atoms with E-state index < -0.39 is 0 Å². The maximum atomic E-state index is 12.9. The summed E-state index contributed by atoms with van der Waals surface area (Å²) in [5.74, 6) is 1.72. The number of carbonyl (C=O) groups is 1. The summed E-state index contributed by atoms with van der Waals surface area (Å²) in [5.41, 5.74) is 3.09. The van der Waals surface area contributed by atoms with Gasteiger partial charge in [-0.25, -0.2) is 4.98 Å². The number of benzene rings is 1. The maximum absolute atomic E-state index is 12.9. The standard InChI is InChI=1S/C21H29N3O2/c1-16-6-4-8-19(12-16)21(25)23-9-5-7-18(15-23)13-20-22-14-17(2)24(20)10-11-26-3/h4,6,8,12,14,18H,5,7,9-11,13,15H2,1-3H3. The minimum absolute atomic E-state index is 0.150. The molecule has 2 aromatic rings. The Morgan fingerprint density at radius 3 is 2.96 bits per heavy atom. The quantitative estimate of drug-likeness (QED) is 0.799. The molecule has 3 rings (SSSR count). The van der Waals surface area contributed by atoms with Crippen molar-refractivity contribution in [2.45, 2.75) is 39.7 Å². The van der Waals surface area contributed by atoms with Gasteiger partial charge in [-0.2, -0.15) is 0 Å². The van der Waals surface area contributed by atoms with Gasteiger partial charge in [0.1, 0.15) is 5.82 Å². The van der Waals surface area contributed by atoms with Crippen LogP contribution in [0.1, 0.15) is 40.3 Å². The molecular formula is C21H29N3O2. The van der Waals surface area contributed by atoms with E-state index in [9.17, 15) is 4.79 Å². The van der Waals surface area contributed by atoms with Gasteiger partial charge in [0.15, 0.2) is 0 Å². The summed E-state index contributed by atoms with van der Waals surface area (Å²) < 4.78 is 7.46. The molecule has 1 aromatic carbocycles. The van der Waals surface area contributed by atoms with E-state index in [2.05, 4.69) is 16.5 Å². The molecule has 1 saturated heterocycles. The minimum atomic E-state index is 0.150. The monoisotopic (exact) mass is 355 g/mol. The van der Waals surface area contributed by atoms with Crippen molar-refractivity contribution in [3.63, 3.8) is 0 Å². The van der Waals surface area contributed by atoms with Gasteiger partial charge in [0.2, 0.25) is 0 Å². The van der Waals surface area contributed by atoms with E-state index in [4.69, 9.17) is 4.74 Å². The van der Waals surface area contributed by atoms with E-state index in [1.54, 1.807) is 7.11 Å². The van der Waals surface area contributed by atoms with Crippen molar-refractivity contribution in [3.8, 4) is 0 Å². The third-order valence-electron chi connectivity index (χ3n) is 5.20. The summed E-state index contributed by atoms with van der Waals surface area (Å²) >= 11 is 0. The predicted molar refractivity (Wildman–Crippen MR) is 102 cm³/mol. The van der Waals surface area contributed by atoms with Crippen LogP contribution in [0.5, 0.6) is 0 Å². The van der Waals surface area contributed by atoms with Gasteiger partial charge in [-0.05, 0) is 44.7 Å². The number of likely N-dealkylation sites (tertiary alicyclic amines) is 1. The molecule has 5 nitrogen and oxygen atoms in total. The fourth-order valence-electron chi connectivity index (χ4n) is 3.80. The first-order valence-electron chi connectivity index (χ1n) is 9.44. The van der Waals surface area contributed by atoms with Crippen LogP contribution in [-0.2, 0) is 17.7 Å². The third-order valence-corrected chi connectivity index (χ3v) is 5.20. The molecule has 0 radical (unpaired) electrons. The van der Waals surface area contributed by atoms with Gasteiger partial charge in [0, 0.05) is 50.6 Å². The molecule has 2 heterocycles. The van der Waals surface area contributed by atoms with E-state index in [0.29, 0.717) is 12.5 Å². The molecule has 26 heavy (non-hydrogen) atoms. The molecule has 0 bridgehead atoms. The molecule has 1 aromatic heterocycles. The lowest BCUT2D eigenvalue weighted by atomic mass is 9.93. The van der Waals surface area contributed by atoms with Crippen LogP contribution in [0.2, 0.25) is 0 Å². The van der Waals surface area contributed by atoms with E-state index in [-0.39, 0.29) is 5.91 Å². The number of amides is 1. The van der Waals surface area contributed by atoms with Crippen LogP contribution < -0.4 is 0 Å². The molecule has 5 heteroatoms. The van der Waals surface area contributed by atoms with Crippen molar-refractivity contribution in [2.24, 2.45) is 5.92 Å². The normalized spacial score (nSPS) is 17.5. The number of hydrogen-bond acceptors (Lipinski definition) is 3. The van der Waals surface area contributed by atoms with Crippen molar-refractivity contribution >= 4 is 5.91 Å². The Morgan fingerprint density at radius 1 is 1.35 bits per heavy atom. The number of methoxy groups -OCH3 is 1. The zero-order valence-electron chi connectivity index (χ0n) is 16.1. The first-order chi connectivity index (χ1) is 12.6. The number of nitrogens with zero attached hydrogens (tertiary/aromatic N) is 3. The molecule has 1 aliphatic rings. The zero-order chi connectivity index (χ0) is 18.5. The number of piperidine rings is 1. The first-order valence-corrected chi connectivity index (χ1v) is 9.44. The number of aromatic nitrogens is 2. The lowest BCUT2D eigenvalue weighted by Crippen LogP contribution is -2.40. The van der Waals surface area contributed by atoms with Gasteiger partial charge < -0.3 is 14.2 Å². The average Bonchev–Trinajstić information content (AvgIpc) is 2.99. The smallest absolute Gasteiger partial charge is 0.253 e. The van der Waals surface area contributed by atoms with Gasteiger partial charge in [-0.1, -0.05) is 17.7 Å². The number of aryl methyl sites for hydroxylation is 2.